The lowest BCUT2D eigenvalue weighted by Gasteiger charge is -2.11. The Morgan fingerprint density at radius 3 is 2.22 bits per heavy atom. The van der Waals surface area contributed by atoms with Gasteiger partial charge in [0.05, 0.1) is 10.6 Å². The Morgan fingerprint density at radius 2 is 1.59 bits per heavy atom. The van der Waals surface area contributed by atoms with E-state index in [0.717, 1.165) is 18.3 Å². The van der Waals surface area contributed by atoms with E-state index in [2.05, 4.69) is 10.6 Å². The van der Waals surface area contributed by atoms with Crippen molar-refractivity contribution >= 4 is 28.9 Å². The molecule has 0 radical (unpaired) electrons. The lowest BCUT2D eigenvalue weighted by Crippen LogP contribution is -2.14. The minimum atomic E-state index is -4.63. The van der Waals surface area contributed by atoms with Gasteiger partial charge in [-0.1, -0.05) is 29.8 Å². The number of ether oxygens (including phenoxy) is 1. The van der Waals surface area contributed by atoms with Gasteiger partial charge < -0.3 is 15.4 Å². The van der Waals surface area contributed by atoms with Crippen molar-refractivity contribution in [2.75, 3.05) is 10.6 Å². The second kappa shape index (κ2) is 9.90. The van der Waals surface area contributed by atoms with Crippen LogP contribution in [0.2, 0.25) is 5.02 Å². The normalized spacial score (nSPS) is 11.4. The number of para-hydroxylation sites is 1. The Labute approximate surface area is 186 Å². The van der Waals surface area contributed by atoms with E-state index < -0.39 is 22.7 Å². The SMILES string of the molecule is N#C/C(=C/Nc1ccc(Cl)c(C(F)(F)F)c1)C(=O)Nc1ccc(Oc2ccccc2)cc1. The Kier molecular flexibility index (Phi) is 7.03. The molecule has 0 aliphatic heterocycles. The van der Waals surface area contributed by atoms with Crippen LogP contribution in [0.15, 0.2) is 84.6 Å². The van der Waals surface area contributed by atoms with Gasteiger partial charge >= 0.3 is 6.18 Å². The number of nitrogens with one attached hydrogen (secondary N) is 2. The third-order valence-electron chi connectivity index (χ3n) is 4.11. The molecule has 0 unspecified atom stereocenters. The van der Waals surface area contributed by atoms with Gasteiger partial charge in [0.1, 0.15) is 23.1 Å². The maximum Gasteiger partial charge on any atom is 0.417 e. The van der Waals surface area contributed by atoms with Crippen molar-refractivity contribution in [3.63, 3.8) is 0 Å². The molecule has 0 saturated carbocycles. The summed E-state index contributed by atoms with van der Waals surface area (Å²) in [4.78, 5) is 12.3. The van der Waals surface area contributed by atoms with Crippen molar-refractivity contribution in [1.29, 1.82) is 5.26 Å². The van der Waals surface area contributed by atoms with Gasteiger partial charge in [0, 0.05) is 17.6 Å². The first-order valence-corrected chi connectivity index (χ1v) is 9.52. The number of halogens is 4. The maximum absolute atomic E-state index is 13.0. The van der Waals surface area contributed by atoms with Crippen LogP contribution in [0.4, 0.5) is 24.5 Å². The lowest BCUT2D eigenvalue weighted by molar-refractivity contribution is -0.137. The van der Waals surface area contributed by atoms with Crippen molar-refractivity contribution in [2.24, 2.45) is 0 Å². The maximum atomic E-state index is 13.0. The van der Waals surface area contributed by atoms with Gasteiger partial charge in [0.15, 0.2) is 0 Å². The molecule has 0 aliphatic carbocycles. The summed E-state index contributed by atoms with van der Waals surface area (Å²) in [6.07, 6.45) is -3.62. The number of carbonyl (C=O) groups is 1. The average Bonchev–Trinajstić information content (AvgIpc) is 2.76. The minimum Gasteiger partial charge on any atom is -0.457 e. The van der Waals surface area contributed by atoms with Crippen molar-refractivity contribution in [1.82, 2.24) is 0 Å². The molecule has 3 aromatic carbocycles. The van der Waals surface area contributed by atoms with Crippen molar-refractivity contribution in [3.8, 4) is 17.6 Å². The van der Waals surface area contributed by atoms with Gasteiger partial charge in [-0.2, -0.15) is 18.4 Å². The first kappa shape index (κ1) is 22.7. The van der Waals surface area contributed by atoms with Crippen molar-refractivity contribution in [2.45, 2.75) is 6.18 Å². The summed E-state index contributed by atoms with van der Waals surface area (Å²) in [5.74, 6) is 0.470. The molecule has 32 heavy (non-hydrogen) atoms. The van der Waals surface area contributed by atoms with E-state index in [0.29, 0.717) is 17.2 Å². The van der Waals surface area contributed by atoms with Crippen LogP contribution < -0.4 is 15.4 Å². The van der Waals surface area contributed by atoms with E-state index in [1.165, 1.54) is 6.07 Å². The fourth-order valence-electron chi connectivity index (χ4n) is 2.57. The fourth-order valence-corrected chi connectivity index (χ4v) is 2.79. The Hall–Kier alpha value is -3.96. The number of hydrogen-bond donors (Lipinski definition) is 2. The molecule has 0 fully saturated rings. The molecule has 0 bridgehead atoms. The molecule has 5 nitrogen and oxygen atoms in total. The summed E-state index contributed by atoms with van der Waals surface area (Å²) in [6.45, 7) is 0. The number of amides is 1. The monoisotopic (exact) mass is 457 g/mol. The van der Waals surface area contributed by atoms with E-state index >= 15 is 0 Å². The number of benzene rings is 3. The van der Waals surface area contributed by atoms with E-state index in [-0.39, 0.29) is 11.3 Å². The molecule has 9 heteroatoms. The van der Waals surface area contributed by atoms with Crippen LogP contribution in [-0.4, -0.2) is 5.91 Å². The predicted molar refractivity (Wildman–Crippen MR) is 115 cm³/mol. The molecule has 0 aromatic heterocycles. The molecular weight excluding hydrogens is 443 g/mol. The molecule has 3 aromatic rings. The van der Waals surface area contributed by atoms with Crippen LogP contribution in [0, 0.1) is 11.3 Å². The number of rotatable bonds is 6. The zero-order valence-corrected chi connectivity index (χ0v) is 17.0. The van der Waals surface area contributed by atoms with Crippen molar-refractivity contribution in [3.05, 3.63) is 95.2 Å². The van der Waals surface area contributed by atoms with E-state index in [1.54, 1.807) is 42.5 Å². The van der Waals surface area contributed by atoms with E-state index in [9.17, 15) is 23.2 Å². The Morgan fingerprint density at radius 1 is 0.969 bits per heavy atom. The van der Waals surface area contributed by atoms with Crippen LogP contribution in [0.5, 0.6) is 11.5 Å². The zero-order chi connectivity index (χ0) is 23.1. The summed E-state index contributed by atoms with van der Waals surface area (Å²) < 4.78 is 44.5. The summed E-state index contributed by atoms with van der Waals surface area (Å²) in [5, 5.41) is 13.8. The fraction of sp³-hybridized carbons (Fsp3) is 0.0435. The van der Waals surface area contributed by atoms with E-state index in [4.69, 9.17) is 16.3 Å². The van der Waals surface area contributed by atoms with Crippen LogP contribution in [0.25, 0.3) is 0 Å². The highest BCUT2D eigenvalue weighted by molar-refractivity contribution is 6.31. The standard InChI is InChI=1S/C23H15ClF3N3O2/c24-21-11-8-17(12-20(21)23(25,26)27)29-14-15(13-28)22(31)30-16-6-9-19(10-7-16)32-18-4-2-1-3-5-18/h1-12,14,29H,(H,30,31)/b15-14-. The molecule has 2 N–H and O–H groups in total. The summed E-state index contributed by atoms with van der Waals surface area (Å²) in [7, 11) is 0. The van der Waals surface area contributed by atoms with Crippen LogP contribution in [0.3, 0.4) is 0 Å². The lowest BCUT2D eigenvalue weighted by atomic mass is 10.2. The molecule has 0 atom stereocenters. The highest BCUT2D eigenvalue weighted by atomic mass is 35.5. The van der Waals surface area contributed by atoms with Gasteiger partial charge in [0.25, 0.3) is 5.91 Å². The van der Waals surface area contributed by atoms with Gasteiger partial charge in [-0.15, -0.1) is 0 Å². The minimum absolute atomic E-state index is 0.0182. The first-order valence-electron chi connectivity index (χ1n) is 9.14. The van der Waals surface area contributed by atoms with Gasteiger partial charge in [-0.3, -0.25) is 4.79 Å². The second-order valence-electron chi connectivity index (χ2n) is 6.40. The Balaban J connectivity index is 1.66. The summed E-state index contributed by atoms with van der Waals surface area (Å²) >= 11 is 5.58. The average molecular weight is 458 g/mol. The topological polar surface area (TPSA) is 74.2 Å². The van der Waals surface area contributed by atoms with Gasteiger partial charge in [-0.25, -0.2) is 0 Å². The molecule has 0 saturated heterocycles. The number of nitrogens with zero attached hydrogens (tertiary/aromatic N) is 1. The van der Waals surface area contributed by atoms with Crippen molar-refractivity contribution < 1.29 is 22.7 Å². The number of hydrogen-bond acceptors (Lipinski definition) is 4. The number of alkyl halides is 3. The third-order valence-corrected chi connectivity index (χ3v) is 4.44. The van der Waals surface area contributed by atoms with Crippen LogP contribution in [-0.2, 0) is 11.0 Å². The molecule has 0 spiro atoms. The molecule has 0 heterocycles. The number of anilines is 2. The molecule has 1 amide bonds. The molecular formula is C23H15ClF3N3O2. The highest BCUT2D eigenvalue weighted by Crippen LogP contribution is 2.36. The van der Waals surface area contributed by atoms with Crippen LogP contribution >= 0.6 is 11.6 Å². The number of carbonyl (C=O) groups excluding carboxylic acids is 1. The van der Waals surface area contributed by atoms with Gasteiger partial charge in [0.2, 0.25) is 0 Å². The quantitative estimate of drug-likeness (QED) is 0.322. The second-order valence-corrected chi connectivity index (χ2v) is 6.81. The van der Waals surface area contributed by atoms with Gasteiger partial charge in [-0.05, 0) is 54.6 Å². The molecule has 3 rings (SSSR count). The highest BCUT2D eigenvalue weighted by Gasteiger charge is 2.33. The summed E-state index contributed by atoms with van der Waals surface area (Å²) in [5.41, 5.74) is -0.941. The third kappa shape index (κ3) is 6.03. The Bertz CT molecular complexity index is 1170. The largest absolute Gasteiger partial charge is 0.457 e. The van der Waals surface area contributed by atoms with Crippen LogP contribution in [0.1, 0.15) is 5.56 Å². The summed E-state index contributed by atoms with van der Waals surface area (Å²) in [6, 6.07) is 20.5. The smallest absolute Gasteiger partial charge is 0.417 e. The van der Waals surface area contributed by atoms with E-state index in [1.807, 2.05) is 18.2 Å². The molecule has 0 aliphatic rings. The predicted octanol–water partition coefficient (Wildman–Crippen LogP) is 6.61. The zero-order valence-electron chi connectivity index (χ0n) is 16.3. The molecule has 162 valence electrons. The first-order chi connectivity index (χ1) is 15.3. The number of nitriles is 1.